The first kappa shape index (κ1) is 41.0. The lowest BCUT2D eigenvalue weighted by atomic mass is 10.1. The normalized spacial score (nSPS) is 12.8. The van der Waals surface area contributed by atoms with Crippen molar-refractivity contribution in [1.82, 2.24) is 0 Å². The highest BCUT2D eigenvalue weighted by molar-refractivity contribution is 7.86. The molecule has 58 heavy (non-hydrogen) atoms. The first-order valence-electron chi connectivity index (χ1n) is 16.0. The van der Waals surface area contributed by atoms with Crippen LogP contribution in [0.4, 0.5) is 60.5 Å². The zero-order valence-electron chi connectivity index (χ0n) is 28.6. The minimum atomic E-state index is -5.32. The van der Waals surface area contributed by atoms with Crippen molar-refractivity contribution >= 4 is 87.7 Å². The lowest BCUT2D eigenvalue weighted by Crippen LogP contribution is -2.30. The van der Waals surface area contributed by atoms with E-state index in [0.717, 1.165) is 12.1 Å². The summed E-state index contributed by atoms with van der Waals surface area (Å²) < 4.78 is 147. The maximum absolute atomic E-state index is 13.2. The summed E-state index contributed by atoms with van der Waals surface area (Å²) in [5, 5.41) is 18.3. The Morgan fingerprint density at radius 3 is 1.09 bits per heavy atom. The van der Waals surface area contributed by atoms with Crippen molar-refractivity contribution in [2.24, 2.45) is 20.5 Å². The number of amides is 2. The van der Waals surface area contributed by atoms with Crippen LogP contribution >= 0.6 is 0 Å². The van der Waals surface area contributed by atoms with E-state index in [4.69, 9.17) is 0 Å². The molecule has 0 spiro atoms. The molecular weight excluding hydrogens is 823 g/mol. The Hall–Kier alpha value is -6.62. The first-order valence-corrected chi connectivity index (χ1v) is 18.9. The number of hydrogen-bond donors (Lipinski definition) is 4. The van der Waals surface area contributed by atoms with Crippen molar-refractivity contribution < 1.29 is 61.9 Å². The molecule has 0 saturated carbocycles. The number of benzene rings is 6. The SMILES string of the molecule is O=C(Nc1c(N=Nc2ccc(-c3ccc(N=Nc4cc(S(=O)(=O)O)c5ccccc5c4NC(=O)C(F)(F)F)cc3)cc2)cc(S(=O)(=O)O)c2ccccc12)C(F)(F)F. The molecule has 6 rings (SSSR count). The first-order chi connectivity index (χ1) is 27.1. The van der Waals surface area contributed by atoms with Crippen LogP contribution in [0, 0.1) is 0 Å². The molecular formula is C36H22F6N6O8S2. The summed E-state index contributed by atoms with van der Waals surface area (Å²) in [6, 6.07) is 23.8. The summed E-state index contributed by atoms with van der Waals surface area (Å²) in [5.41, 5.74) is -0.701. The Morgan fingerprint density at radius 1 is 0.483 bits per heavy atom. The molecule has 0 unspecified atom stereocenters. The molecule has 0 aliphatic heterocycles. The van der Waals surface area contributed by atoms with Crippen molar-refractivity contribution in [2.45, 2.75) is 22.1 Å². The van der Waals surface area contributed by atoms with E-state index < -0.39 is 76.9 Å². The number of alkyl halides is 6. The van der Waals surface area contributed by atoms with Gasteiger partial charge >= 0.3 is 24.2 Å². The molecule has 298 valence electrons. The van der Waals surface area contributed by atoms with Gasteiger partial charge in [-0.05, 0) is 47.5 Å². The van der Waals surface area contributed by atoms with E-state index in [1.165, 1.54) is 72.8 Å². The summed E-state index contributed by atoms with van der Waals surface area (Å²) >= 11 is 0. The topological polar surface area (TPSA) is 216 Å². The van der Waals surface area contributed by atoms with Crippen molar-refractivity contribution in [3.05, 3.63) is 109 Å². The second kappa shape index (κ2) is 15.4. The van der Waals surface area contributed by atoms with Crippen LogP contribution in [0.25, 0.3) is 32.7 Å². The van der Waals surface area contributed by atoms with Crippen LogP contribution in [-0.2, 0) is 29.8 Å². The number of nitrogens with zero attached hydrogens (tertiary/aromatic N) is 4. The number of hydrogen-bond acceptors (Lipinski definition) is 10. The summed E-state index contributed by atoms with van der Waals surface area (Å²) in [6.07, 6.45) is -10.6. The van der Waals surface area contributed by atoms with Gasteiger partial charge in [-0.1, -0.05) is 72.8 Å². The Kier molecular flexibility index (Phi) is 10.9. The second-order valence-corrected chi connectivity index (χ2v) is 14.8. The highest BCUT2D eigenvalue weighted by Crippen LogP contribution is 2.41. The Morgan fingerprint density at radius 2 is 0.793 bits per heavy atom. The molecule has 0 atom stereocenters. The molecule has 4 N–H and O–H groups in total. The van der Waals surface area contributed by atoms with Gasteiger partial charge in [-0.15, -0.1) is 10.2 Å². The van der Waals surface area contributed by atoms with Crippen LogP contribution in [0.5, 0.6) is 0 Å². The molecule has 0 bridgehead atoms. The van der Waals surface area contributed by atoms with Crippen LogP contribution in [0.3, 0.4) is 0 Å². The summed E-state index contributed by atoms with van der Waals surface area (Å²) in [6.45, 7) is 0. The molecule has 14 nitrogen and oxygen atoms in total. The van der Waals surface area contributed by atoms with E-state index in [0.29, 0.717) is 11.1 Å². The predicted octanol–water partition coefficient (Wildman–Crippen LogP) is 9.99. The number of carbonyl (C=O) groups is 2. The average Bonchev–Trinajstić information content (AvgIpc) is 3.15. The van der Waals surface area contributed by atoms with E-state index in [-0.39, 0.29) is 32.9 Å². The fraction of sp³-hybridized carbons (Fsp3) is 0.0556. The Labute approximate surface area is 322 Å². The molecule has 0 heterocycles. The van der Waals surface area contributed by atoms with Crippen LogP contribution in [0.1, 0.15) is 0 Å². The van der Waals surface area contributed by atoms with Crippen molar-refractivity contribution in [2.75, 3.05) is 10.6 Å². The quantitative estimate of drug-likeness (QED) is 0.0622. The van der Waals surface area contributed by atoms with E-state index in [1.807, 2.05) is 0 Å². The van der Waals surface area contributed by atoms with Gasteiger partial charge in [-0.2, -0.15) is 53.4 Å². The van der Waals surface area contributed by atoms with E-state index in [1.54, 1.807) is 34.9 Å². The van der Waals surface area contributed by atoms with Crippen LogP contribution < -0.4 is 10.6 Å². The maximum Gasteiger partial charge on any atom is 0.471 e. The summed E-state index contributed by atoms with van der Waals surface area (Å²) in [7, 11) is -9.85. The fourth-order valence-electron chi connectivity index (χ4n) is 5.54. The third kappa shape index (κ3) is 8.99. The minimum Gasteiger partial charge on any atom is -0.316 e. The van der Waals surface area contributed by atoms with E-state index in [2.05, 4.69) is 20.5 Å². The van der Waals surface area contributed by atoms with Gasteiger partial charge in [0.25, 0.3) is 20.2 Å². The average molecular weight is 845 g/mol. The molecule has 2 amide bonds. The third-order valence-corrected chi connectivity index (χ3v) is 9.92. The van der Waals surface area contributed by atoms with Gasteiger partial charge in [0.15, 0.2) is 0 Å². The van der Waals surface area contributed by atoms with Gasteiger partial charge in [-0.25, -0.2) is 0 Å². The third-order valence-electron chi connectivity index (χ3n) is 8.13. The highest BCUT2D eigenvalue weighted by atomic mass is 32.2. The molecule has 0 aliphatic carbocycles. The highest BCUT2D eigenvalue weighted by Gasteiger charge is 2.40. The number of carbonyl (C=O) groups excluding carboxylic acids is 2. The minimum absolute atomic E-state index is 0.122. The van der Waals surface area contributed by atoms with Gasteiger partial charge in [0, 0.05) is 21.5 Å². The molecule has 22 heteroatoms. The van der Waals surface area contributed by atoms with Gasteiger partial charge < -0.3 is 10.6 Å². The Balaban J connectivity index is 1.29. The standard InChI is InChI=1S/C36H22F6N6O8S2/c37-35(38,39)33(49)43-31-25-7-3-1-5-23(25)29(57(51,52)53)17-27(31)47-45-21-13-9-19(10-14-21)20-11-15-22(16-12-20)46-48-28-18-30(58(54,55)56)24-6-2-4-8-26(24)32(28)44-34(50)36(40,41)42/h1-18H,(H,43,49)(H,44,50)(H,51,52,53)(H,54,55,56). The number of nitrogens with one attached hydrogen (secondary N) is 2. The number of rotatable bonds is 9. The van der Waals surface area contributed by atoms with E-state index >= 15 is 0 Å². The molecule has 0 fully saturated rings. The molecule has 6 aromatic rings. The van der Waals surface area contributed by atoms with Gasteiger partial charge in [-0.3, -0.25) is 18.7 Å². The lowest BCUT2D eigenvalue weighted by molar-refractivity contribution is -0.167. The summed E-state index contributed by atoms with van der Waals surface area (Å²) in [4.78, 5) is 22.4. The lowest BCUT2D eigenvalue weighted by Gasteiger charge is -2.15. The van der Waals surface area contributed by atoms with Gasteiger partial charge in [0.1, 0.15) is 21.2 Å². The van der Waals surface area contributed by atoms with Crippen LogP contribution in [0.15, 0.2) is 139 Å². The number of fused-ring (bicyclic) bond motifs is 2. The summed E-state index contributed by atoms with van der Waals surface area (Å²) in [5.74, 6) is -4.74. The Bertz CT molecular complexity index is 2710. The van der Waals surface area contributed by atoms with Gasteiger partial charge in [0.2, 0.25) is 0 Å². The predicted molar refractivity (Wildman–Crippen MR) is 197 cm³/mol. The second-order valence-electron chi connectivity index (χ2n) is 12.0. The fourth-order valence-corrected chi connectivity index (χ4v) is 6.97. The van der Waals surface area contributed by atoms with E-state index in [9.17, 15) is 61.9 Å². The zero-order chi connectivity index (χ0) is 42.2. The molecule has 0 saturated heterocycles. The monoisotopic (exact) mass is 844 g/mol. The van der Waals surface area contributed by atoms with Crippen molar-refractivity contribution in [3.63, 3.8) is 0 Å². The van der Waals surface area contributed by atoms with Crippen LogP contribution in [-0.4, -0.2) is 50.1 Å². The van der Waals surface area contributed by atoms with Crippen molar-refractivity contribution in [1.29, 1.82) is 0 Å². The maximum atomic E-state index is 13.2. The number of anilines is 2. The number of halogens is 6. The molecule has 0 aromatic heterocycles. The largest absolute Gasteiger partial charge is 0.471 e. The number of azo groups is 2. The molecule has 6 aromatic carbocycles. The smallest absolute Gasteiger partial charge is 0.316 e. The van der Waals surface area contributed by atoms with Crippen LogP contribution in [0.2, 0.25) is 0 Å². The van der Waals surface area contributed by atoms with Crippen molar-refractivity contribution in [3.8, 4) is 11.1 Å². The molecule has 0 aliphatic rings. The molecule has 0 radical (unpaired) electrons. The zero-order valence-corrected chi connectivity index (χ0v) is 30.2. The van der Waals surface area contributed by atoms with Gasteiger partial charge in [0.05, 0.1) is 22.7 Å².